The monoisotopic (exact) mass is 552 g/mol. The van der Waals surface area contributed by atoms with Crippen molar-refractivity contribution >= 4 is 35.8 Å². The number of benzene rings is 2. The summed E-state index contributed by atoms with van der Waals surface area (Å²) < 4.78 is 11.3. The lowest BCUT2D eigenvalue weighted by molar-refractivity contribution is -0.123. The van der Waals surface area contributed by atoms with E-state index in [1.807, 2.05) is 66.5 Å². The maximum atomic E-state index is 11.7. The third-order valence-electron chi connectivity index (χ3n) is 4.94. The summed E-state index contributed by atoms with van der Waals surface area (Å²) in [7, 11) is 3.78. The average molecular weight is 552 g/mol. The number of hydrogen-bond acceptors (Lipinski definition) is 4. The van der Waals surface area contributed by atoms with E-state index in [0.717, 1.165) is 44.1 Å². The quantitative estimate of drug-likeness (QED) is 0.255. The van der Waals surface area contributed by atoms with Crippen LogP contribution in [0, 0.1) is 0 Å². The van der Waals surface area contributed by atoms with Crippen LogP contribution in [0.2, 0.25) is 0 Å². The number of amides is 1. The standard InChI is InChI=1S/C24H32N4O3.HI/c1-25-24(28(2)16-17-30-21-6-4-3-5-7-21)26-15-14-19-8-12-22(13-9-19)31-18-23(29)27-20-10-11-20;/h3-9,12-13,20H,10-11,14-18H2,1-2H3,(H,25,26)(H,27,29);1H. The minimum Gasteiger partial charge on any atom is -0.492 e. The van der Waals surface area contributed by atoms with E-state index in [0.29, 0.717) is 18.4 Å². The first-order valence-corrected chi connectivity index (χ1v) is 10.7. The number of nitrogens with one attached hydrogen (secondary N) is 2. The smallest absolute Gasteiger partial charge is 0.258 e. The molecule has 0 atom stereocenters. The van der Waals surface area contributed by atoms with Gasteiger partial charge in [0.2, 0.25) is 0 Å². The lowest BCUT2D eigenvalue weighted by Gasteiger charge is -2.22. The van der Waals surface area contributed by atoms with Crippen LogP contribution in [-0.4, -0.2) is 63.2 Å². The maximum Gasteiger partial charge on any atom is 0.258 e. The van der Waals surface area contributed by atoms with E-state index in [9.17, 15) is 4.79 Å². The summed E-state index contributed by atoms with van der Waals surface area (Å²) in [6.45, 7) is 2.14. The Morgan fingerprint density at radius 1 is 1.06 bits per heavy atom. The molecule has 2 aromatic carbocycles. The van der Waals surface area contributed by atoms with Crippen molar-refractivity contribution in [2.75, 3.05) is 40.4 Å². The van der Waals surface area contributed by atoms with Gasteiger partial charge in [0.05, 0.1) is 6.54 Å². The number of likely N-dealkylation sites (N-methyl/N-ethyl adjacent to an activating group) is 1. The van der Waals surface area contributed by atoms with Crippen LogP contribution in [0.5, 0.6) is 11.5 Å². The van der Waals surface area contributed by atoms with Gasteiger partial charge in [-0.15, -0.1) is 24.0 Å². The zero-order valence-corrected chi connectivity index (χ0v) is 21.1. The molecule has 1 aliphatic carbocycles. The fourth-order valence-corrected chi connectivity index (χ4v) is 3.02. The number of rotatable bonds is 11. The number of aliphatic imine (C=N–C) groups is 1. The number of carbonyl (C=O) groups excluding carboxylic acids is 1. The van der Waals surface area contributed by atoms with Gasteiger partial charge >= 0.3 is 0 Å². The number of para-hydroxylation sites is 1. The highest BCUT2D eigenvalue weighted by molar-refractivity contribution is 14.0. The summed E-state index contributed by atoms with van der Waals surface area (Å²) in [6, 6.07) is 18.0. The van der Waals surface area contributed by atoms with E-state index in [4.69, 9.17) is 9.47 Å². The minimum atomic E-state index is -0.0551. The third-order valence-corrected chi connectivity index (χ3v) is 4.94. The molecule has 0 radical (unpaired) electrons. The lowest BCUT2D eigenvalue weighted by Crippen LogP contribution is -2.41. The molecule has 3 rings (SSSR count). The summed E-state index contributed by atoms with van der Waals surface area (Å²) in [5, 5.41) is 6.30. The maximum absolute atomic E-state index is 11.7. The van der Waals surface area contributed by atoms with Gasteiger partial charge in [-0.25, -0.2) is 0 Å². The molecule has 0 bridgehead atoms. The Bertz CT molecular complexity index is 842. The van der Waals surface area contributed by atoms with Crippen molar-refractivity contribution in [3.8, 4) is 11.5 Å². The number of ether oxygens (including phenoxy) is 2. The Kier molecular flexibility index (Phi) is 11.1. The van der Waals surface area contributed by atoms with E-state index in [1.54, 1.807) is 7.05 Å². The van der Waals surface area contributed by atoms with Crippen LogP contribution >= 0.6 is 24.0 Å². The SMILES string of the molecule is CN=C(NCCc1ccc(OCC(=O)NC2CC2)cc1)N(C)CCOc1ccccc1.I. The van der Waals surface area contributed by atoms with Crippen LogP contribution in [0.25, 0.3) is 0 Å². The fraction of sp³-hybridized carbons (Fsp3) is 0.417. The van der Waals surface area contributed by atoms with Gasteiger partial charge in [-0.1, -0.05) is 30.3 Å². The molecule has 0 aliphatic heterocycles. The molecular weight excluding hydrogens is 519 g/mol. The van der Waals surface area contributed by atoms with E-state index in [-0.39, 0.29) is 36.5 Å². The summed E-state index contributed by atoms with van der Waals surface area (Å²) in [5.41, 5.74) is 1.19. The van der Waals surface area contributed by atoms with Crippen LogP contribution in [0.4, 0.5) is 0 Å². The summed E-state index contributed by atoms with van der Waals surface area (Å²) in [5.74, 6) is 2.35. The molecule has 2 aromatic rings. The largest absolute Gasteiger partial charge is 0.492 e. The van der Waals surface area contributed by atoms with Crippen molar-refractivity contribution in [2.24, 2.45) is 4.99 Å². The van der Waals surface area contributed by atoms with Crippen LogP contribution in [-0.2, 0) is 11.2 Å². The molecule has 1 amide bonds. The first-order valence-electron chi connectivity index (χ1n) is 10.7. The normalized spacial score (nSPS) is 13.0. The van der Waals surface area contributed by atoms with Crippen molar-refractivity contribution in [2.45, 2.75) is 25.3 Å². The minimum absolute atomic E-state index is 0. The van der Waals surface area contributed by atoms with Crippen molar-refractivity contribution in [1.29, 1.82) is 0 Å². The number of guanidine groups is 1. The van der Waals surface area contributed by atoms with Gasteiger partial charge in [-0.2, -0.15) is 0 Å². The molecule has 174 valence electrons. The molecule has 0 saturated heterocycles. The molecule has 32 heavy (non-hydrogen) atoms. The number of halogens is 1. The third kappa shape index (κ3) is 9.33. The Morgan fingerprint density at radius 2 is 1.75 bits per heavy atom. The van der Waals surface area contributed by atoms with Crippen molar-refractivity contribution in [1.82, 2.24) is 15.5 Å². The van der Waals surface area contributed by atoms with Crippen LogP contribution in [0.15, 0.2) is 59.6 Å². The van der Waals surface area contributed by atoms with E-state index in [1.165, 1.54) is 5.56 Å². The molecular formula is C24H33IN4O3. The number of carbonyl (C=O) groups is 1. The van der Waals surface area contributed by atoms with E-state index in [2.05, 4.69) is 15.6 Å². The van der Waals surface area contributed by atoms with E-state index >= 15 is 0 Å². The highest BCUT2D eigenvalue weighted by atomic mass is 127. The van der Waals surface area contributed by atoms with Gasteiger partial charge < -0.3 is 25.0 Å². The fourth-order valence-electron chi connectivity index (χ4n) is 3.02. The number of hydrogen-bond donors (Lipinski definition) is 2. The van der Waals surface area contributed by atoms with Gasteiger partial charge in [0.25, 0.3) is 5.91 Å². The molecule has 8 heteroatoms. The van der Waals surface area contributed by atoms with Gasteiger partial charge in [-0.3, -0.25) is 9.79 Å². The highest BCUT2D eigenvalue weighted by Gasteiger charge is 2.23. The summed E-state index contributed by atoms with van der Waals surface area (Å²) >= 11 is 0. The molecule has 2 N–H and O–H groups in total. The van der Waals surface area contributed by atoms with Crippen molar-refractivity contribution < 1.29 is 14.3 Å². The van der Waals surface area contributed by atoms with Gasteiger partial charge in [0.15, 0.2) is 12.6 Å². The molecule has 0 spiro atoms. The first kappa shape index (κ1) is 25.8. The second-order valence-corrected chi connectivity index (χ2v) is 7.58. The van der Waals surface area contributed by atoms with Gasteiger partial charge in [0, 0.05) is 26.7 Å². The molecule has 7 nitrogen and oxygen atoms in total. The van der Waals surface area contributed by atoms with Gasteiger partial charge in [-0.05, 0) is 49.1 Å². The molecule has 1 saturated carbocycles. The Balaban J connectivity index is 0.00000363. The summed E-state index contributed by atoms with van der Waals surface area (Å²) in [6.07, 6.45) is 3.02. The zero-order valence-electron chi connectivity index (χ0n) is 18.8. The highest BCUT2D eigenvalue weighted by Crippen LogP contribution is 2.18. The predicted octanol–water partition coefficient (Wildman–Crippen LogP) is 3.09. The van der Waals surface area contributed by atoms with E-state index < -0.39 is 0 Å². The topological polar surface area (TPSA) is 75.2 Å². The van der Waals surface area contributed by atoms with Crippen LogP contribution < -0.4 is 20.1 Å². The second-order valence-electron chi connectivity index (χ2n) is 7.58. The first-order chi connectivity index (χ1) is 15.1. The lowest BCUT2D eigenvalue weighted by atomic mass is 10.1. The summed E-state index contributed by atoms with van der Waals surface area (Å²) in [4.78, 5) is 18.1. The van der Waals surface area contributed by atoms with Crippen molar-refractivity contribution in [3.63, 3.8) is 0 Å². The predicted molar refractivity (Wildman–Crippen MR) is 138 cm³/mol. The molecule has 0 aromatic heterocycles. The molecule has 0 unspecified atom stereocenters. The van der Waals surface area contributed by atoms with Crippen LogP contribution in [0.1, 0.15) is 18.4 Å². The Morgan fingerprint density at radius 3 is 2.41 bits per heavy atom. The van der Waals surface area contributed by atoms with Crippen molar-refractivity contribution in [3.05, 3.63) is 60.2 Å². The molecule has 1 aliphatic rings. The Hall–Kier alpha value is -2.49. The number of nitrogens with zero attached hydrogens (tertiary/aromatic N) is 2. The van der Waals surface area contributed by atoms with Crippen LogP contribution in [0.3, 0.4) is 0 Å². The zero-order chi connectivity index (χ0) is 21.9. The molecule has 1 fully saturated rings. The average Bonchev–Trinajstić information content (AvgIpc) is 3.61. The van der Waals surface area contributed by atoms with Gasteiger partial charge in [0.1, 0.15) is 18.1 Å². The Labute approximate surface area is 207 Å². The second kappa shape index (κ2) is 13.8. The molecule has 0 heterocycles.